The fraction of sp³-hybridized carbons (Fsp3) is 0.538. The van der Waals surface area contributed by atoms with Crippen LogP contribution in [0.4, 0.5) is 0 Å². The summed E-state index contributed by atoms with van der Waals surface area (Å²) in [5, 5.41) is 0. The molecule has 0 saturated heterocycles. The van der Waals surface area contributed by atoms with E-state index < -0.39 is 0 Å². The fourth-order valence-electron chi connectivity index (χ4n) is 1.50. The van der Waals surface area contributed by atoms with Gasteiger partial charge in [-0.1, -0.05) is 57.0 Å². The maximum Gasteiger partial charge on any atom is -0.0279 e. The molecule has 0 saturated carbocycles. The van der Waals surface area contributed by atoms with E-state index in [1.54, 1.807) is 0 Å². The number of aryl methyl sites for hydroxylation is 1. The van der Waals surface area contributed by atoms with Crippen LogP contribution in [-0.2, 0) is 6.42 Å². The first-order valence-electron chi connectivity index (χ1n) is 5.37. The van der Waals surface area contributed by atoms with Crippen LogP contribution >= 0.6 is 0 Å². The van der Waals surface area contributed by atoms with E-state index in [9.17, 15) is 0 Å². The van der Waals surface area contributed by atoms with Gasteiger partial charge < -0.3 is 0 Å². The molecule has 0 amide bonds. The summed E-state index contributed by atoms with van der Waals surface area (Å²) >= 11 is 0. The van der Waals surface area contributed by atoms with E-state index in [0.717, 1.165) is 5.92 Å². The molecule has 0 nitrogen and oxygen atoms in total. The van der Waals surface area contributed by atoms with Gasteiger partial charge in [-0.15, -0.1) is 0 Å². The van der Waals surface area contributed by atoms with E-state index in [-0.39, 0.29) is 0 Å². The zero-order valence-electron chi connectivity index (χ0n) is 8.79. The first kappa shape index (κ1) is 10.3. The van der Waals surface area contributed by atoms with Crippen molar-refractivity contribution < 1.29 is 0 Å². The maximum atomic E-state index is 2.34. The van der Waals surface area contributed by atoms with Crippen LogP contribution in [-0.4, -0.2) is 0 Å². The smallest absolute Gasteiger partial charge is 0.0279 e. The van der Waals surface area contributed by atoms with E-state index >= 15 is 0 Å². The van der Waals surface area contributed by atoms with E-state index in [4.69, 9.17) is 0 Å². The molecule has 0 aliphatic carbocycles. The predicted molar refractivity (Wildman–Crippen MR) is 58.8 cm³/mol. The van der Waals surface area contributed by atoms with Crippen molar-refractivity contribution in [1.82, 2.24) is 0 Å². The first-order chi connectivity index (χ1) is 6.33. The van der Waals surface area contributed by atoms with Gasteiger partial charge in [-0.2, -0.15) is 0 Å². The second-order valence-corrected chi connectivity index (χ2v) is 3.89. The molecule has 1 aromatic rings. The zero-order chi connectivity index (χ0) is 9.52. The van der Waals surface area contributed by atoms with Crippen molar-refractivity contribution in [3.63, 3.8) is 0 Å². The number of rotatable bonds is 5. The Bertz CT molecular complexity index is 213. The van der Waals surface area contributed by atoms with Crippen molar-refractivity contribution >= 4 is 0 Å². The quantitative estimate of drug-likeness (QED) is 0.634. The molecule has 0 radical (unpaired) electrons. The van der Waals surface area contributed by atoms with Crippen LogP contribution in [0, 0.1) is 5.92 Å². The lowest BCUT2D eigenvalue weighted by Gasteiger charge is -2.07. The monoisotopic (exact) mass is 176 g/mol. The van der Waals surface area contributed by atoms with Crippen molar-refractivity contribution in [2.45, 2.75) is 39.5 Å². The van der Waals surface area contributed by atoms with Crippen LogP contribution < -0.4 is 0 Å². The molecular weight excluding hydrogens is 156 g/mol. The van der Waals surface area contributed by atoms with Crippen molar-refractivity contribution in [1.29, 1.82) is 0 Å². The highest BCUT2D eigenvalue weighted by Crippen LogP contribution is 2.12. The molecule has 0 spiro atoms. The Morgan fingerprint density at radius 2 is 1.85 bits per heavy atom. The van der Waals surface area contributed by atoms with Crippen molar-refractivity contribution in [3.8, 4) is 0 Å². The van der Waals surface area contributed by atoms with Gasteiger partial charge >= 0.3 is 0 Å². The van der Waals surface area contributed by atoms with E-state index in [1.165, 1.54) is 31.2 Å². The third-order valence-corrected chi connectivity index (χ3v) is 2.70. The van der Waals surface area contributed by atoms with Crippen LogP contribution in [0.3, 0.4) is 0 Å². The summed E-state index contributed by atoms with van der Waals surface area (Å²) in [7, 11) is 0. The topological polar surface area (TPSA) is 0 Å². The molecule has 1 rings (SSSR count). The van der Waals surface area contributed by atoms with E-state index in [1.807, 2.05) is 0 Å². The molecule has 72 valence electrons. The average Bonchev–Trinajstić information content (AvgIpc) is 2.19. The molecule has 0 heteroatoms. The average molecular weight is 176 g/mol. The lowest BCUT2D eigenvalue weighted by Crippen LogP contribution is -1.93. The van der Waals surface area contributed by atoms with Gasteiger partial charge in [0.1, 0.15) is 0 Å². The van der Waals surface area contributed by atoms with Crippen LogP contribution in [0.5, 0.6) is 0 Å². The van der Waals surface area contributed by atoms with Crippen LogP contribution in [0.1, 0.15) is 38.7 Å². The van der Waals surface area contributed by atoms with Gasteiger partial charge in [0, 0.05) is 0 Å². The highest BCUT2D eigenvalue weighted by Gasteiger charge is 1.98. The SMILES string of the molecule is CC[C@H](C)CCCc1ccccc1. The molecule has 0 N–H and O–H groups in total. The summed E-state index contributed by atoms with van der Waals surface area (Å²) in [5.74, 6) is 0.892. The second-order valence-electron chi connectivity index (χ2n) is 3.89. The minimum absolute atomic E-state index is 0.892. The van der Waals surface area contributed by atoms with Gasteiger partial charge in [0.05, 0.1) is 0 Å². The normalized spacial score (nSPS) is 12.8. The Hall–Kier alpha value is -0.780. The molecule has 1 atom stereocenters. The molecule has 0 heterocycles. The second kappa shape index (κ2) is 5.80. The molecule has 0 unspecified atom stereocenters. The third kappa shape index (κ3) is 4.12. The summed E-state index contributed by atoms with van der Waals surface area (Å²) in [6, 6.07) is 10.8. The van der Waals surface area contributed by atoms with Crippen molar-refractivity contribution in [3.05, 3.63) is 35.9 Å². The lowest BCUT2D eigenvalue weighted by atomic mass is 9.99. The number of hydrogen-bond donors (Lipinski definition) is 0. The Morgan fingerprint density at radius 1 is 1.15 bits per heavy atom. The van der Waals surface area contributed by atoms with Gasteiger partial charge in [0.15, 0.2) is 0 Å². The number of hydrogen-bond acceptors (Lipinski definition) is 0. The summed E-state index contributed by atoms with van der Waals surface area (Å²) < 4.78 is 0. The molecule has 0 aliphatic rings. The summed E-state index contributed by atoms with van der Waals surface area (Å²) in [6.07, 6.45) is 5.25. The standard InChI is InChI=1S/C13H20/c1-3-12(2)8-7-11-13-9-5-4-6-10-13/h4-6,9-10,12H,3,7-8,11H2,1-2H3/t12-/m0/s1. The highest BCUT2D eigenvalue weighted by atomic mass is 14.0. The molecule has 0 fully saturated rings. The molecule has 0 aromatic heterocycles. The maximum absolute atomic E-state index is 2.34. The zero-order valence-corrected chi connectivity index (χ0v) is 8.79. The number of benzene rings is 1. The van der Waals surface area contributed by atoms with Crippen LogP contribution in [0.25, 0.3) is 0 Å². The predicted octanol–water partition coefficient (Wildman–Crippen LogP) is 4.06. The largest absolute Gasteiger partial charge is 0.0651 e. The van der Waals surface area contributed by atoms with Gasteiger partial charge in [0.25, 0.3) is 0 Å². The first-order valence-corrected chi connectivity index (χ1v) is 5.37. The third-order valence-electron chi connectivity index (χ3n) is 2.70. The van der Waals surface area contributed by atoms with Crippen LogP contribution in [0.2, 0.25) is 0 Å². The van der Waals surface area contributed by atoms with Gasteiger partial charge in [-0.3, -0.25) is 0 Å². The fourth-order valence-corrected chi connectivity index (χ4v) is 1.50. The molecule has 1 aromatic carbocycles. The molecule has 13 heavy (non-hydrogen) atoms. The molecular formula is C13H20. The lowest BCUT2D eigenvalue weighted by molar-refractivity contribution is 0.496. The summed E-state index contributed by atoms with van der Waals surface area (Å²) in [5.41, 5.74) is 1.48. The minimum Gasteiger partial charge on any atom is -0.0651 e. The Labute approximate surface area is 82.0 Å². The highest BCUT2D eigenvalue weighted by molar-refractivity contribution is 5.14. The Balaban J connectivity index is 2.20. The van der Waals surface area contributed by atoms with Crippen molar-refractivity contribution in [2.75, 3.05) is 0 Å². The van der Waals surface area contributed by atoms with Gasteiger partial charge in [-0.25, -0.2) is 0 Å². The van der Waals surface area contributed by atoms with E-state index in [0.29, 0.717) is 0 Å². The minimum atomic E-state index is 0.892. The van der Waals surface area contributed by atoms with Crippen LogP contribution in [0.15, 0.2) is 30.3 Å². The van der Waals surface area contributed by atoms with Crippen molar-refractivity contribution in [2.24, 2.45) is 5.92 Å². The Morgan fingerprint density at radius 3 is 2.46 bits per heavy atom. The van der Waals surface area contributed by atoms with Gasteiger partial charge in [-0.05, 0) is 24.3 Å². The summed E-state index contributed by atoms with van der Waals surface area (Å²) in [6.45, 7) is 4.61. The molecule has 0 aliphatic heterocycles. The molecule has 0 bridgehead atoms. The van der Waals surface area contributed by atoms with E-state index in [2.05, 4.69) is 44.2 Å². The Kier molecular flexibility index (Phi) is 4.59. The summed E-state index contributed by atoms with van der Waals surface area (Å²) in [4.78, 5) is 0. The van der Waals surface area contributed by atoms with Gasteiger partial charge in [0.2, 0.25) is 0 Å².